The molecule has 0 bridgehead atoms. The predicted octanol–water partition coefficient (Wildman–Crippen LogP) is 4.33. The topological polar surface area (TPSA) is 40.7 Å². The Morgan fingerprint density at radius 3 is 2.65 bits per heavy atom. The third kappa shape index (κ3) is 2.32. The number of hydrogen-bond donors (Lipinski definition) is 2. The molecule has 0 radical (unpaired) electrons. The Bertz CT molecular complexity index is 733. The highest BCUT2D eigenvalue weighted by atomic mass is 19.4. The lowest BCUT2D eigenvalue weighted by Crippen LogP contribution is -2.07. The zero-order chi connectivity index (χ0) is 14.2. The smallest absolute Gasteiger partial charge is 0.366 e. The molecule has 0 fully saturated rings. The van der Waals surface area contributed by atoms with E-state index in [9.17, 15) is 13.2 Å². The number of pyridine rings is 1. The number of fused-ring (bicyclic) bond motifs is 1. The minimum Gasteiger partial charge on any atom is -0.366 e. The van der Waals surface area contributed by atoms with Gasteiger partial charge >= 0.3 is 6.18 Å². The van der Waals surface area contributed by atoms with Gasteiger partial charge in [0.2, 0.25) is 0 Å². The normalized spacial score (nSPS) is 11.8. The molecule has 0 aliphatic carbocycles. The van der Waals surface area contributed by atoms with Crippen molar-refractivity contribution in [2.45, 2.75) is 6.18 Å². The van der Waals surface area contributed by atoms with Crippen LogP contribution in [0.4, 0.5) is 24.5 Å². The second kappa shape index (κ2) is 4.56. The zero-order valence-electron chi connectivity index (χ0n) is 10.2. The van der Waals surface area contributed by atoms with Crippen LogP contribution in [0.2, 0.25) is 0 Å². The van der Waals surface area contributed by atoms with Crippen LogP contribution in [0, 0.1) is 0 Å². The number of nitrogens with zero attached hydrogens (tertiary/aromatic N) is 1. The van der Waals surface area contributed by atoms with Gasteiger partial charge in [0.1, 0.15) is 0 Å². The fraction of sp³-hybridized carbons (Fsp3) is 0.0714. The van der Waals surface area contributed by atoms with Crippen molar-refractivity contribution in [1.29, 1.82) is 0 Å². The van der Waals surface area contributed by atoms with E-state index >= 15 is 0 Å². The average molecular weight is 277 g/mol. The molecule has 0 aliphatic heterocycles. The summed E-state index contributed by atoms with van der Waals surface area (Å²) >= 11 is 0. The fourth-order valence-electron chi connectivity index (χ4n) is 2.05. The molecule has 0 aliphatic rings. The van der Waals surface area contributed by atoms with Crippen molar-refractivity contribution in [3.63, 3.8) is 0 Å². The van der Waals surface area contributed by atoms with Crippen molar-refractivity contribution in [3.05, 3.63) is 54.5 Å². The first-order valence-electron chi connectivity index (χ1n) is 5.90. The highest BCUT2D eigenvalue weighted by Crippen LogP contribution is 2.36. The van der Waals surface area contributed by atoms with Gasteiger partial charge in [-0.25, -0.2) is 0 Å². The van der Waals surface area contributed by atoms with E-state index in [0.717, 1.165) is 6.07 Å². The molecule has 0 amide bonds. The van der Waals surface area contributed by atoms with Gasteiger partial charge in [-0.3, -0.25) is 4.98 Å². The first kappa shape index (κ1) is 12.5. The Morgan fingerprint density at radius 1 is 1.10 bits per heavy atom. The zero-order valence-corrected chi connectivity index (χ0v) is 10.2. The molecule has 6 heteroatoms. The molecule has 0 unspecified atom stereocenters. The van der Waals surface area contributed by atoms with Crippen LogP contribution in [0.1, 0.15) is 5.56 Å². The first-order chi connectivity index (χ1) is 9.54. The third-order valence-electron chi connectivity index (χ3n) is 2.90. The molecule has 3 aromatic rings. The molecule has 0 saturated heterocycles. The van der Waals surface area contributed by atoms with E-state index in [-0.39, 0.29) is 5.52 Å². The van der Waals surface area contributed by atoms with Crippen molar-refractivity contribution in [3.8, 4) is 0 Å². The number of nitrogens with one attached hydrogen (secondary N) is 2. The van der Waals surface area contributed by atoms with Crippen molar-refractivity contribution in [2.24, 2.45) is 0 Å². The summed E-state index contributed by atoms with van der Waals surface area (Å²) in [6.45, 7) is 0. The van der Waals surface area contributed by atoms with Crippen molar-refractivity contribution >= 4 is 22.3 Å². The molecule has 2 aromatic heterocycles. The average Bonchev–Trinajstić information content (AvgIpc) is 2.89. The minimum atomic E-state index is -4.44. The first-order valence-corrected chi connectivity index (χ1v) is 5.90. The fourth-order valence-corrected chi connectivity index (χ4v) is 2.05. The van der Waals surface area contributed by atoms with Crippen LogP contribution in [0.5, 0.6) is 0 Å². The van der Waals surface area contributed by atoms with Crippen LogP contribution >= 0.6 is 0 Å². The molecule has 0 saturated carbocycles. The number of aromatic amines is 1. The number of rotatable bonds is 2. The van der Waals surface area contributed by atoms with Crippen molar-refractivity contribution < 1.29 is 13.2 Å². The summed E-state index contributed by atoms with van der Waals surface area (Å²) in [5, 5.41) is 3.37. The Labute approximate surface area is 112 Å². The highest BCUT2D eigenvalue weighted by molar-refractivity contribution is 5.86. The van der Waals surface area contributed by atoms with E-state index in [2.05, 4.69) is 15.3 Å². The van der Waals surface area contributed by atoms with Gasteiger partial charge in [-0.05, 0) is 24.3 Å². The van der Waals surface area contributed by atoms with Crippen LogP contribution < -0.4 is 5.32 Å². The molecule has 3 nitrogen and oxygen atoms in total. The van der Waals surface area contributed by atoms with Crippen LogP contribution in [-0.2, 0) is 6.18 Å². The summed E-state index contributed by atoms with van der Waals surface area (Å²) < 4.78 is 39.3. The highest BCUT2D eigenvalue weighted by Gasteiger charge is 2.33. The lowest BCUT2D eigenvalue weighted by atomic mass is 10.1. The summed E-state index contributed by atoms with van der Waals surface area (Å²) in [5.74, 6) is 0. The summed E-state index contributed by atoms with van der Waals surface area (Å²) in [6, 6.07) is 7.68. The molecular formula is C14H10F3N3. The van der Waals surface area contributed by atoms with Crippen LogP contribution in [0.15, 0.2) is 48.9 Å². The molecule has 1 aromatic carbocycles. The van der Waals surface area contributed by atoms with Gasteiger partial charge in [-0.2, -0.15) is 13.2 Å². The van der Waals surface area contributed by atoms with E-state index < -0.39 is 11.7 Å². The maximum Gasteiger partial charge on any atom is 0.418 e. The molecule has 0 atom stereocenters. The van der Waals surface area contributed by atoms with Crippen LogP contribution in [0.25, 0.3) is 10.9 Å². The monoisotopic (exact) mass is 277 g/mol. The van der Waals surface area contributed by atoms with E-state index in [1.165, 1.54) is 6.20 Å². The summed E-state index contributed by atoms with van der Waals surface area (Å²) in [6.07, 6.45) is 0.273. The molecule has 0 spiro atoms. The van der Waals surface area contributed by atoms with E-state index in [1.54, 1.807) is 36.7 Å². The predicted molar refractivity (Wildman–Crippen MR) is 70.8 cm³/mol. The van der Waals surface area contributed by atoms with Gasteiger partial charge in [0.25, 0.3) is 0 Å². The summed E-state index contributed by atoms with van der Waals surface area (Å²) in [4.78, 5) is 6.67. The number of benzene rings is 1. The van der Waals surface area contributed by atoms with Gasteiger partial charge in [-0.15, -0.1) is 0 Å². The summed E-state index contributed by atoms with van der Waals surface area (Å²) in [5.41, 5.74) is 0.284. The molecule has 2 heterocycles. The second-order valence-corrected chi connectivity index (χ2v) is 4.32. The van der Waals surface area contributed by atoms with Gasteiger partial charge in [0.05, 0.1) is 16.8 Å². The quantitative estimate of drug-likeness (QED) is 0.732. The molecular weight excluding hydrogens is 267 g/mol. The Hall–Kier alpha value is -2.50. The van der Waals surface area contributed by atoms with Crippen molar-refractivity contribution in [2.75, 3.05) is 5.32 Å². The van der Waals surface area contributed by atoms with Gasteiger partial charge in [-0.1, -0.05) is 6.07 Å². The standard InChI is InChI=1S/C14H10F3N3/c15-14(16,17)12-7-11(20-10-3-5-18-8-10)6-9-2-1-4-19-13(9)12/h1-8,18,20H. The Morgan fingerprint density at radius 2 is 1.95 bits per heavy atom. The van der Waals surface area contributed by atoms with Crippen molar-refractivity contribution in [1.82, 2.24) is 9.97 Å². The van der Waals surface area contributed by atoms with Crippen LogP contribution in [0.3, 0.4) is 0 Å². The number of anilines is 2. The lowest BCUT2D eigenvalue weighted by molar-refractivity contribution is -0.136. The SMILES string of the molecule is FC(F)(F)c1cc(Nc2cc[nH]c2)cc2cccnc12. The summed E-state index contributed by atoms with van der Waals surface area (Å²) in [7, 11) is 0. The number of halogens is 3. The van der Waals surface area contributed by atoms with Gasteiger partial charge in [0, 0.05) is 29.7 Å². The number of H-pyrrole nitrogens is 1. The number of aromatic nitrogens is 2. The lowest BCUT2D eigenvalue weighted by Gasteiger charge is -2.13. The van der Waals surface area contributed by atoms with Gasteiger partial charge in [0.15, 0.2) is 0 Å². The van der Waals surface area contributed by atoms with E-state index in [0.29, 0.717) is 16.8 Å². The second-order valence-electron chi connectivity index (χ2n) is 4.32. The molecule has 2 N–H and O–H groups in total. The van der Waals surface area contributed by atoms with E-state index in [1.807, 2.05) is 0 Å². The van der Waals surface area contributed by atoms with E-state index in [4.69, 9.17) is 0 Å². The number of alkyl halides is 3. The third-order valence-corrected chi connectivity index (χ3v) is 2.90. The largest absolute Gasteiger partial charge is 0.418 e. The van der Waals surface area contributed by atoms with Crippen LogP contribution in [-0.4, -0.2) is 9.97 Å². The molecule has 20 heavy (non-hydrogen) atoms. The maximum absolute atomic E-state index is 13.1. The Kier molecular flexibility index (Phi) is 2.85. The minimum absolute atomic E-state index is 0.0420. The Balaban J connectivity index is 2.15. The number of hydrogen-bond acceptors (Lipinski definition) is 2. The molecule has 102 valence electrons. The van der Waals surface area contributed by atoms with Gasteiger partial charge < -0.3 is 10.3 Å². The molecule has 3 rings (SSSR count). The maximum atomic E-state index is 13.1.